The van der Waals surface area contributed by atoms with E-state index in [0.717, 1.165) is 5.56 Å². The summed E-state index contributed by atoms with van der Waals surface area (Å²) in [6, 6.07) is 3.53. The molecule has 0 aromatic carbocycles. The van der Waals surface area contributed by atoms with Gasteiger partial charge in [0.25, 0.3) is 0 Å². The van der Waals surface area contributed by atoms with Crippen molar-refractivity contribution < 1.29 is 18.0 Å². The molecule has 2 aromatic rings. The number of hydrogen-bond acceptors (Lipinski definition) is 5. The van der Waals surface area contributed by atoms with Crippen LogP contribution in [-0.2, 0) is 17.4 Å². The lowest BCUT2D eigenvalue weighted by Crippen LogP contribution is -2.12. The van der Waals surface area contributed by atoms with E-state index in [2.05, 4.69) is 20.5 Å². The number of amides is 1. The van der Waals surface area contributed by atoms with E-state index in [1.165, 1.54) is 0 Å². The second-order valence-electron chi connectivity index (χ2n) is 3.81. The molecule has 2 rings (SSSR count). The van der Waals surface area contributed by atoms with Gasteiger partial charge < -0.3 is 5.32 Å². The maximum atomic E-state index is 12.3. The summed E-state index contributed by atoms with van der Waals surface area (Å²) in [6.07, 6.45) is -0.719. The third kappa shape index (κ3) is 3.98. The van der Waals surface area contributed by atoms with E-state index in [0.29, 0.717) is 17.8 Å². The Balaban J connectivity index is 1.87. The monoisotopic (exact) mass is 302 g/mol. The Kier molecular flexibility index (Phi) is 4.28. The second kappa shape index (κ2) is 5.95. The highest BCUT2D eigenvalue weighted by molar-refractivity contribution is 7.15. The number of halogens is 3. The molecule has 0 saturated carbocycles. The molecule has 0 radical (unpaired) electrons. The Hall–Kier alpha value is -2.03. The van der Waals surface area contributed by atoms with Gasteiger partial charge in [-0.05, 0) is 24.1 Å². The van der Waals surface area contributed by atoms with Crippen LogP contribution in [0.15, 0.2) is 24.5 Å². The van der Waals surface area contributed by atoms with Gasteiger partial charge in [-0.1, -0.05) is 11.3 Å². The highest BCUT2D eigenvalue weighted by atomic mass is 32.1. The minimum atomic E-state index is -4.54. The van der Waals surface area contributed by atoms with E-state index >= 15 is 0 Å². The summed E-state index contributed by atoms with van der Waals surface area (Å²) < 4.78 is 36.9. The van der Waals surface area contributed by atoms with Crippen molar-refractivity contribution in [2.75, 3.05) is 5.32 Å². The molecule has 5 nitrogen and oxygen atoms in total. The highest BCUT2D eigenvalue weighted by Gasteiger charge is 2.35. The van der Waals surface area contributed by atoms with Gasteiger partial charge in [-0.25, -0.2) is 0 Å². The zero-order valence-electron chi connectivity index (χ0n) is 10.0. The molecule has 2 heterocycles. The lowest BCUT2D eigenvalue weighted by molar-refractivity contribution is -0.138. The molecule has 0 atom stereocenters. The normalized spacial score (nSPS) is 11.3. The van der Waals surface area contributed by atoms with E-state index in [9.17, 15) is 18.0 Å². The predicted octanol–water partition coefficient (Wildman–Crippen LogP) is 2.52. The first kappa shape index (κ1) is 14.4. The van der Waals surface area contributed by atoms with Crippen LogP contribution < -0.4 is 5.32 Å². The van der Waals surface area contributed by atoms with Gasteiger partial charge >= 0.3 is 6.18 Å². The van der Waals surface area contributed by atoms with Crippen LogP contribution in [0.4, 0.5) is 18.3 Å². The van der Waals surface area contributed by atoms with Crippen LogP contribution in [0.5, 0.6) is 0 Å². The van der Waals surface area contributed by atoms with Gasteiger partial charge in [-0.15, -0.1) is 10.2 Å². The lowest BCUT2D eigenvalue weighted by Gasteiger charge is -2.01. The van der Waals surface area contributed by atoms with Gasteiger partial charge in [0.1, 0.15) is 0 Å². The largest absolute Gasteiger partial charge is 0.445 e. The average molecular weight is 302 g/mol. The standard InChI is InChI=1S/C11H9F3N4OS/c12-11(13,14)9-17-18-10(20-9)16-8(19)2-1-7-3-5-15-6-4-7/h3-6H,1-2H2,(H,16,18,19). The van der Waals surface area contributed by atoms with Gasteiger partial charge in [-0.3, -0.25) is 9.78 Å². The summed E-state index contributed by atoms with van der Waals surface area (Å²) in [5.41, 5.74) is 0.920. The summed E-state index contributed by atoms with van der Waals surface area (Å²) in [6.45, 7) is 0. The molecule has 0 aliphatic heterocycles. The molecule has 2 aromatic heterocycles. The quantitative estimate of drug-likeness (QED) is 0.942. The third-order valence-corrected chi connectivity index (χ3v) is 3.19. The summed E-state index contributed by atoms with van der Waals surface area (Å²) in [5.74, 6) is -0.410. The molecular formula is C11H9F3N4OS. The maximum absolute atomic E-state index is 12.3. The minimum Gasteiger partial charge on any atom is -0.301 e. The number of nitrogens with zero attached hydrogens (tertiary/aromatic N) is 3. The number of aryl methyl sites for hydroxylation is 1. The fraction of sp³-hybridized carbons (Fsp3) is 0.273. The van der Waals surface area contributed by atoms with E-state index in [1.807, 2.05) is 0 Å². The Morgan fingerprint density at radius 3 is 2.55 bits per heavy atom. The fourth-order valence-electron chi connectivity index (χ4n) is 1.38. The Morgan fingerprint density at radius 2 is 1.95 bits per heavy atom. The zero-order chi connectivity index (χ0) is 14.6. The number of rotatable bonds is 4. The number of pyridine rings is 1. The van der Waals surface area contributed by atoms with Crippen molar-refractivity contribution in [2.45, 2.75) is 19.0 Å². The Labute approximate surface area is 115 Å². The summed E-state index contributed by atoms with van der Waals surface area (Å²) in [4.78, 5) is 15.4. The van der Waals surface area contributed by atoms with Gasteiger partial charge in [0.15, 0.2) is 0 Å². The van der Waals surface area contributed by atoms with Gasteiger partial charge in [0, 0.05) is 18.8 Å². The number of hydrogen-bond donors (Lipinski definition) is 1. The molecule has 0 spiro atoms. The number of carbonyl (C=O) groups is 1. The molecule has 0 saturated heterocycles. The first-order valence-electron chi connectivity index (χ1n) is 5.54. The molecule has 0 fully saturated rings. The van der Waals surface area contributed by atoms with E-state index in [4.69, 9.17) is 0 Å². The third-order valence-electron chi connectivity index (χ3n) is 2.30. The van der Waals surface area contributed by atoms with Crippen LogP contribution in [0, 0.1) is 0 Å². The summed E-state index contributed by atoms with van der Waals surface area (Å²) in [5, 5.41) is 7.32. The van der Waals surface area contributed by atoms with Gasteiger partial charge in [0.05, 0.1) is 0 Å². The molecule has 20 heavy (non-hydrogen) atoms. The second-order valence-corrected chi connectivity index (χ2v) is 4.79. The smallest absolute Gasteiger partial charge is 0.301 e. The van der Waals surface area contributed by atoms with Crippen LogP contribution in [-0.4, -0.2) is 21.1 Å². The first-order valence-corrected chi connectivity index (χ1v) is 6.36. The Morgan fingerprint density at radius 1 is 1.25 bits per heavy atom. The lowest BCUT2D eigenvalue weighted by atomic mass is 10.1. The number of anilines is 1. The van der Waals surface area contributed by atoms with Crippen molar-refractivity contribution in [3.63, 3.8) is 0 Å². The molecule has 0 aliphatic rings. The fourth-order valence-corrected chi connectivity index (χ4v) is 2.00. The molecule has 9 heteroatoms. The SMILES string of the molecule is O=C(CCc1ccncc1)Nc1nnc(C(F)(F)F)s1. The van der Waals surface area contributed by atoms with Gasteiger partial charge in [-0.2, -0.15) is 13.2 Å². The van der Waals surface area contributed by atoms with Crippen LogP contribution in [0.3, 0.4) is 0 Å². The molecule has 0 unspecified atom stereocenters. The molecule has 106 valence electrons. The molecule has 0 aliphatic carbocycles. The Bertz CT molecular complexity index is 585. The van der Waals surface area contributed by atoms with Crippen molar-refractivity contribution in [1.29, 1.82) is 0 Å². The molecule has 1 N–H and O–H groups in total. The molecular weight excluding hydrogens is 293 g/mol. The van der Waals surface area contributed by atoms with Crippen molar-refractivity contribution in [2.24, 2.45) is 0 Å². The number of aromatic nitrogens is 3. The van der Waals surface area contributed by atoms with Crippen molar-refractivity contribution in [3.8, 4) is 0 Å². The van der Waals surface area contributed by atoms with Crippen molar-refractivity contribution in [1.82, 2.24) is 15.2 Å². The number of alkyl halides is 3. The topological polar surface area (TPSA) is 67.8 Å². The first-order chi connectivity index (χ1) is 9.45. The summed E-state index contributed by atoms with van der Waals surface area (Å²) >= 11 is 0.301. The minimum absolute atomic E-state index is 0.144. The average Bonchev–Trinajstić information content (AvgIpc) is 2.86. The number of nitrogens with one attached hydrogen (secondary N) is 1. The predicted molar refractivity (Wildman–Crippen MR) is 66.1 cm³/mol. The van der Waals surface area contributed by atoms with Crippen LogP contribution in [0.2, 0.25) is 0 Å². The van der Waals surface area contributed by atoms with E-state index < -0.39 is 17.1 Å². The van der Waals surface area contributed by atoms with E-state index in [-0.39, 0.29) is 11.6 Å². The van der Waals surface area contributed by atoms with Crippen LogP contribution >= 0.6 is 11.3 Å². The number of carbonyl (C=O) groups excluding carboxylic acids is 1. The van der Waals surface area contributed by atoms with Crippen LogP contribution in [0.1, 0.15) is 17.0 Å². The highest BCUT2D eigenvalue weighted by Crippen LogP contribution is 2.32. The van der Waals surface area contributed by atoms with E-state index in [1.54, 1.807) is 24.5 Å². The van der Waals surface area contributed by atoms with Gasteiger partial charge in [0.2, 0.25) is 16.0 Å². The van der Waals surface area contributed by atoms with Crippen molar-refractivity contribution >= 4 is 22.4 Å². The maximum Gasteiger partial charge on any atom is 0.445 e. The summed E-state index contributed by atoms with van der Waals surface area (Å²) in [7, 11) is 0. The molecule has 1 amide bonds. The van der Waals surface area contributed by atoms with Crippen molar-refractivity contribution in [3.05, 3.63) is 35.1 Å². The van der Waals surface area contributed by atoms with Crippen LogP contribution in [0.25, 0.3) is 0 Å². The zero-order valence-corrected chi connectivity index (χ0v) is 10.8. The molecule has 0 bridgehead atoms.